The molecule has 0 spiro atoms. The number of carbonyl (C=O) groups excluding carboxylic acids is 1. The maximum atomic E-state index is 13.8. The lowest BCUT2D eigenvalue weighted by molar-refractivity contribution is -0.131. The van der Waals surface area contributed by atoms with Crippen LogP contribution in [-0.2, 0) is 24.2 Å². The molecule has 4 aliphatic rings. The molecule has 0 aromatic carbocycles. The van der Waals surface area contributed by atoms with Crippen LogP contribution in [0, 0.1) is 11.3 Å². The fourth-order valence-electron chi connectivity index (χ4n) is 6.99. The molecule has 0 bridgehead atoms. The average molecular weight is 590 g/mol. The zero-order chi connectivity index (χ0) is 30.1. The SMILES string of the molecule is C=C(F)C(=O)N1CCN(c2cc(OC[C@@H]3CCCN3C)nc3c2CCN(c2ncnc4c2N(C)CCC4)C3)C[C@@H]1CC#N. The van der Waals surface area contributed by atoms with Gasteiger partial charge >= 0.3 is 0 Å². The fraction of sp³-hybridized carbons (Fsp3) is 0.581. The van der Waals surface area contributed by atoms with Gasteiger partial charge in [-0.05, 0) is 45.7 Å². The maximum Gasteiger partial charge on any atom is 0.282 e. The number of anilines is 3. The van der Waals surface area contributed by atoms with Crippen molar-refractivity contribution in [2.75, 3.05) is 74.7 Å². The number of carbonyl (C=O) groups is 1. The molecule has 4 aliphatic heterocycles. The van der Waals surface area contributed by atoms with Crippen molar-refractivity contribution in [1.29, 1.82) is 5.26 Å². The summed E-state index contributed by atoms with van der Waals surface area (Å²) in [5.74, 6) is -0.226. The third kappa shape index (κ3) is 5.83. The number of amides is 1. The van der Waals surface area contributed by atoms with E-state index in [1.165, 1.54) is 4.90 Å². The van der Waals surface area contributed by atoms with E-state index in [4.69, 9.17) is 14.7 Å². The van der Waals surface area contributed by atoms with Gasteiger partial charge in [0.05, 0.1) is 36.5 Å². The second kappa shape index (κ2) is 12.3. The van der Waals surface area contributed by atoms with Gasteiger partial charge in [0.2, 0.25) is 5.88 Å². The molecule has 0 unspecified atom stereocenters. The first-order valence-corrected chi connectivity index (χ1v) is 15.3. The molecule has 228 valence electrons. The van der Waals surface area contributed by atoms with Crippen molar-refractivity contribution in [2.24, 2.45) is 0 Å². The predicted molar refractivity (Wildman–Crippen MR) is 162 cm³/mol. The van der Waals surface area contributed by atoms with Gasteiger partial charge in [0, 0.05) is 63.1 Å². The topological polar surface area (TPSA) is 105 Å². The zero-order valence-corrected chi connectivity index (χ0v) is 25.1. The lowest BCUT2D eigenvalue weighted by Gasteiger charge is -2.43. The largest absolute Gasteiger partial charge is 0.476 e. The number of aryl methyl sites for hydroxylation is 1. The van der Waals surface area contributed by atoms with Crippen LogP contribution in [0.15, 0.2) is 24.8 Å². The maximum absolute atomic E-state index is 13.8. The first-order chi connectivity index (χ1) is 20.8. The summed E-state index contributed by atoms with van der Waals surface area (Å²) in [6, 6.07) is 4.10. The number of likely N-dealkylation sites (N-methyl/N-ethyl adjacent to an activating group) is 1. The second-order valence-electron chi connectivity index (χ2n) is 12.0. The number of hydrogen-bond acceptors (Lipinski definition) is 10. The molecule has 6 rings (SSSR count). The Balaban J connectivity index is 1.32. The van der Waals surface area contributed by atoms with Crippen LogP contribution in [-0.4, -0.2) is 103 Å². The molecule has 43 heavy (non-hydrogen) atoms. The number of hydrogen-bond donors (Lipinski definition) is 0. The fourth-order valence-corrected chi connectivity index (χ4v) is 6.99. The summed E-state index contributed by atoms with van der Waals surface area (Å²) < 4.78 is 20.2. The number of halogens is 1. The van der Waals surface area contributed by atoms with Gasteiger partial charge in [-0.15, -0.1) is 0 Å². The Morgan fingerprint density at radius 2 is 1.95 bits per heavy atom. The van der Waals surface area contributed by atoms with Crippen LogP contribution in [0.4, 0.5) is 21.6 Å². The molecule has 2 aromatic rings. The first-order valence-electron chi connectivity index (χ1n) is 15.3. The van der Waals surface area contributed by atoms with E-state index in [0.29, 0.717) is 44.7 Å². The number of nitriles is 1. The van der Waals surface area contributed by atoms with Gasteiger partial charge in [0.15, 0.2) is 11.6 Å². The molecular weight excluding hydrogens is 549 g/mol. The van der Waals surface area contributed by atoms with E-state index in [9.17, 15) is 14.4 Å². The van der Waals surface area contributed by atoms with Crippen LogP contribution >= 0.6 is 0 Å². The van der Waals surface area contributed by atoms with Gasteiger partial charge < -0.3 is 29.2 Å². The van der Waals surface area contributed by atoms with E-state index in [1.54, 1.807) is 6.33 Å². The standard InChI is InChI=1S/C31H40FN9O2/c1-21(32)31(42)41-15-14-39(17-22(41)8-10-33)27-16-28(43-19-23-6-4-11-37(23)2)36-26-18-40(13-9-24(26)27)30-29-25(34-20-35-30)7-5-12-38(29)3/h16,20,22-23H,1,4-9,11-15,17-19H2,2-3H3/t22-,23-/m0/s1. The van der Waals surface area contributed by atoms with Gasteiger partial charge in [0.1, 0.15) is 18.6 Å². The quantitative estimate of drug-likeness (QED) is 0.448. The zero-order valence-electron chi connectivity index (χ0n) is 25.1. The Labute approximate surface area is 252 Å². The molecule has 11 nitrogen and oxygen atoms in total. The van der Waals surface area contributed by atoms with Crippen molar-refractivity contribution in [3.63, 3.8) is 0 Å². The van der Waals surface area contributed by atoms with Crippen molar-refractivity contribution < 1.29 is 13.9 Å². The summed E-state index contributed by atoms with van der Waals surface area (Å²) in [4.78, 5) is 37.4. The highest BCUT2D eigenvalue weighted by Gasteiger charge is 2.35. The molecule has 0 saturated carbocycles. The molecule has 6 heterocycles. The van der Waals surface area contributed by atoms with Gasteiger partial charge in [-0.2, -0.15) is 5.26 Å². The highest BCUT2D eigenvalue weighted by Crippen LogP contribution is 2.38. The monoisotopic (exact) mass is 589 g/mol. The van der Waals surface area contributed by atoms with Crippen molar-refractivity contribution in [1.82, 2.24) is 24.8 Å². The molecule has 1 amide bonds. The summed E-state index contributed by atoms with van der Waals surface area (Å²) in [6.45, 7) is 8.39. The number of rotatable bonds is 7. The van der Waals surface area contributed by atoms with Gasteiger partial charge in [-0.25, -0.2) is 19.3 Å². The number of nitrogens with zero attached hydrogens (tertiary/aromatic N) is 9. The van der Waals surface area contributed by atoms with E-state index >= 15 is 0 Å². The van der Waals surface area contributed by atoms with E-state index in [-0.39, 0.29) is 6.42 Å². The van der Waals surface area contributed by atoms with Crippen LogP contribution < -0.4 is 19.4 Å². The highest BCUT2D eigenvalue weighted by atomic mass is 19.1. The Hall–Kier alpha value is -3.98. The van der Waals surface area contributed by atoms with Crippen molar-refractivity contribution in [3.05, 3.63) is 41.8 Å². The Morgan fingerprint density at radius 3 is 2.72 bits per heavy atom. The average Bonchev–Trinajstić information content (AvgIpc) is 3.43. The summed E-state index contributed by atoms with van der Waals surface area (Å²) >= 11 is 0. The van der Waals surface area contributed by atoms with Crippen molar-refractivity contribution >= 4 is 23.1 Å². The van der Waals surface area contributed by atoms with Crippen LogP contribution in [0.5, 0.6) is 5.88 Å². The summed E-state index contributed by atoms with van der Waals surface area (Å²) in [5.41, 5.74) is 5.28. The number of pyridine rings is 1. The summed E-state index contributed by atoms with van der Waals surface area (Å²) in [6.07, 6.45) is 6.82. The lowest BCUT2D eigenvalue weighted by Crippen LogP contribution is -2.55. The molecule has 2 saturated heterocycles. The van der Waals surface area contributed by atoms with Crippen LogP contribution in [0.3, 0.4) is 0 Å². The molecule has 0 aliphatic carbocycles. The van der Waals surface area contributed by atoms with E-state index in [0.717, 1.165) is 85.9 Å². The molecule has 2 fully saturated rings. The predicted octanol–water partition coefficient (Wildman–Crippen LogP) is 2.70. The highest BCUT2D eigenvalue weighted by molar-refractivity contribution is 5.91. The van der Waals surface area contributed by atoms with E-state index in [2.05, 4.69) is 51.3 Å². The van der Waals surface area contributed by atoms with Gasteiger partial charge in [-0.3, -0.25) is 4.79 Å². The first kappa shape index (κ1) is 29.1. The Bertz CT molecular complexity index is 1430. The van der Waals surface area contributed by atoms with E-state index in [1.807, 2.05) is 6.07 Å². The number of piperazine rings is 1. The van der Waals surface area contributed by atoms with Crippen LogP contribution in [0.1, 0.15) is 42.6 Å². The minimum Gasteiger partial charge on any atom is -0.476 e. The minimum absolute atomic E-state index is 0.111. The van der Waals surface area contributed by atoms with E-state index < -0.39 is 17.8 Å². The number of aromatic nitrogens is 3. The molecule has 0 N–H and O–H groups in total. The molecular formula is C31H40FN9O2. The molecule has 2 atom stereocenters. The number of fused-ring (bicyclic) bond motifs is 2. The van der Waals surface area contributed by atoms with Crippen molar-refractivity contribution in [2.45, 2.75) is 57.2 Å². The summed E-state index contributed by atoms with van der Waals surface area (Å²) in [5, 5.41) is 9.51. The normalized spacial score (nSPS) is 22.2. The second-order valence-corrected chi connectivity index (χ2v) is 12.0. The third-order valence-corrected chi connectivity index (χ3v) is 9.34. The Kier molecular flexibility index (Phi) is 8.34. The minimum atomic E-state index is -0.997. The number of ether oxygens (including phenoxy) is 1. The number of likely N-dealkylation sites (tertiary alicyclic amines) is 1. The smallest absolute Gasteiger partial charge is 0.282 e. The molecule has 12 heteroatoms. The molecule has 2 aromatic heterocycles. The van der Waals surface area contributed by atoms with Crippen molar-refractivity contribution in [3.8, 4) is 11.9 Å². The molecule has 0 radical (unpaired) electrons. The lowest BCUT2D eigenvalue weighted by atomic mass is 9.99. The van der Waals surface area contributed by atoms with Crippen LogP contribution in [0.25, 0.3) is 0 Å². The summed E-state index contributed by atoms with van der Waals surface area (Å²) in [7, 11) is 4.23. The van der Waals surface area contributed by atoms with Crippen LogP contribution in [0.2, 0.25) is 0 Å². The van der Waals surface area contributed by atoms with Gasteiger partial charge in [0.25, 0.3) is 5.91 Å². The third-order valence-electron chi connectivity index (χ3n) is 9.34. The Morgan fingerprint density at radius 1 is 1.09 bits per heavy atom. The van der Waals surface area contributed by atoms with Gasteiger partial charge in [-0.1, -0.05) is 6.58 Å².